The fourth-order valence-electron chi connectivity index (χ4n) is 1.76. The highest BCUT2D eigenvalue weighted by Crippen LogP contribution is 2.40. The van der Waals surface area contributed by atoms with Crippen molar-refractivity contribution in [2.45, 2.75) is 53.9 Å². The molecule has 1 aliphatic rings. The Balaban J connectivity index is 2.69. The van der Waals surface area contributed by atoms with Crippen molar-refractivity contribution in [1.82, 2.24) is 0 Å². The lowest BCUT2D eigenvalue weighted by Crippen LogP contribution is -2.20. The van der Waals surface area contributed by atoms with Gasteiger partial charge in [-0.05, 0) is 30.1 Å². The van der Waals surface area contributed by atoms with Gasteiger partial charge in [0.15, 0.2) is 0 Å². The summed E-state index contributed by atoms with van der Waals surface area (Å²) in [6, 6.07) is 0. The van der Waals surface area contributed by atoms with Crippen LogP contribution in [0, 0.1) is 10.8 Å². The fraction of sp³-hybridized carbons (Fsp3) is 0.833. The average Bonchev–Trinajstić information content (AvgIpc) is 1.83. The van der Waals surface area contributed by atoms with Gasteiger partial charge >= 0.3 is 0 Å². The number of hydrogen-bond donors (Lipinski definition) is 0. The first-order valence-electron chi connectivity index (χ1n) is 5.01. The van der Waals surface area contributed by atoms with Gasteiger partial charge in [0.25, 0.3) is 0 Å². The molecule has 0 radical (unpaired) electrons. The van der Waals surface area contributed by atoms with Crippen molar-refractivity contribution < 1.29 is 0 Å². The van der Waals surface area contributed by atoms with E-state index in [1.165, 1.54) is 19.3 Å². The normalized spacial score (nSPS) is 23.6. The van der Waals surface area contributed by atoms with E-state index in [0.717, 1.165) is 0 Å². The van der Waals surface area contributed by atoms with Gasteiger partial charge in [0.05, 0.1) is 0 Å². The van der Waals surface area contributed by atoms with E-state index in [4.69, 9.17) is 0 Å². The molecule has 0 N–H and O–H groups in total. The van der Waals surface area contributed by atoms with E-state index < -0.39 is 0 Å². The topological polar surface area (TPSA) is 0 Å². The lowest BCUT2D eigenvalue weighted by molar-refractivity contribution is 0.303. The molecule has 1 rings (SSSR count). The van der Waals surface area contributed by atoms with Crippen LogP contribution in [0.2, 0.25) is 0 Å². The minimum absolute atomic E-state index is 0.399. The summed E-state index contributed by atoms with van der Waals surface area (Å²) in [6.45, 7) is 11.7. The van der Waals surface area contributed by atoms with Gasteiger partial charge in [-0.1, -0.05) is 46.3 Å². The molecule has 0 aromatic carbocycles. The second-order valence-corrected chi connectivity index (χ2v) is 5.85. The van der Waals surface area contributed by atoms with Crippen LogP contribution in [0.3, 0.4) is 0 Å². The van der Waals surface area contributed by atoms with Crippen LogP contribution in [0.25, 0.3) is 0 Å². The molecule has 0 saturated heterocycles. The zero-order valence-corrected chi connectivity index (χ0v) is 9.20. The Labute approximate surface area is 77.1 Å². The average molecular weight is 166 g/mol. The van der Waals surface area contributed by atoms with Crippen LogP contribution in [0.1, 0.15) is 53.9 Å². The highest BCUT2D eigenvalue weighted by atomic mass is 14.3. The van der Waals surface area contributed by atoms with Gasteiger partial charge < -0.3 is 0 Å². The second-order valence-electron chi connectivity index (χ2n) is 5.85. The van der Waals surface area contributed by atoms with Gasteiger partial charge in [-0.2, -0.15) is 0 Å². The molecule has 0 heteroatoms. The second kappa shape index (κ2) is 2.90. The van der Waals surface area contributed by atoms with Gasteiger partial charge in [0.1, 0.15) is 0 Å². The van der Waals surface area contributed by atoms with Crippen molar-refractivity contribution in [2.24, 2.45) is 10.8 Å². The molecular weight excluding hydrogens is 144 g/mol. The van der Waals surface area contributed by atoms with Crippen molar-refractivity contribution in [3.63, 3.8) is 0 Å². The molecular formula is C12H22. The SMILES string of the molecule is CC1(C)CC=C(C(C)(C)C)CC1. The van der Waals surface area contributed by atoms with Gasteiger partial charge in [0.2, 0.25) is 0 Å². The Morgan fingerprint density at radius 2 is 1.83 bits per heavy atom. The summed E-state index contributed by atoms with van der Waals surface area (Å²) in [5.41, 5.74) is 2.60. The predicted octanol–water partition coefficient (Wildman–Crippen LogP) is 4.17. The molecule has 0 aromatic rings. The molecule has 0 spiro atoms. The molecule has 70 valence electrons. The molecule has 0 heterocycles. The van der Waals surface area contributed by atoms with Crippen LogP contribution in [-0.2, 0) is 0 Å². The van der Waals surface area contributed by atoms with E-state index in [1.807, 2.05) is 0 Å². The molecule has 0 unspecified atom stereocenters. The summed E-state index contributed by atoms with van der Waals surface area (Å²) >= 11 is 0. The largest absolute Gasteiger partial charge is 0.0843 e. The molecule has 1 aliphatic carbocycles. The van der Waals surface area contributed by atoms with E-state index in [0.29, 0.717) is 10.8 Å². The van der Waals surface area contributed by atoms with Crippen molar-refractivity contribution in [3.05, 3.63) is 11.6 Å². The minimum atomic E-state index is 0.399. The van der Waals surface area contributed by atoms with Crippen molar-refractivity contribution in [1.29, 1.82) is 0 Å². The maximum atomic E-state index is 2.46. The molecule has 0 aliphatic heterocycles. The third-order valence-corrected chi connectivity index (χ3v) is 2.94. The van der Waals surface area contributed by atoms with Crippen molar-refractivity contribution >= 4 is 0 Å². The zero-order chi connectivity index (χ0) is 9.41. The highest BCUT2D eigenvalue weighted by Gasteiger charge is 2.26. The Hall–Kier alpha value is -0.260. The van der Waals surface area contributed by atoms with Crippen LogP contribution < -0.4 is 0 Å². The maximum Gasteiger partial charge on any atom is -0.0173 e. The van der Waals surface area contributed by atoms with Crippen LogP contribution in [0.15, 0.2) is 11.6 Å². The summed E-state index contributed by atoms with van der Waals surface area (Å²) in [6.07, 6.45) is 6.38. The maximum absolute atomic E-state index is 2.46. The van der Waals surface area contributed by atoms with Crippen LogP contribution in [-0.4, -0.2) is 0 Å². The first-order valence-corrected chi connectivity index (χ1v) is 5.01. The van der Waals surface area contributed by atoms with E-state index in [2.05, 4.69) is 40.7 Å². The summed E-state index contributed by atoms with van der Waals surface area (Å²) in [5, 5.41) is 0. The molecule has 0 fully saturated rings. The molecule has 0 amide bonds. The Morgan fingerprint density at radius 1 is 1.25 bits per heavy atom. The van der Waals surface area contributed by atoms with Crippen LogP contribution in [0.4, 0.5) is 0 Å². The summed E-state index contributed by atoms with van der Waals surface area (Å²) in [7, 11) is 0. The Morgan fingerprint density at radius 3 is 2.17 bits per heavy atom. The summed E-state index contributed by atoms with van der Waals surface area (Å²) in [5.74, 6) is 0. The summed E-state index contributed by atoms with van der Waals surface area (Å²) < 4.78 is 0. The van der Waals surface area contributed by atoms with E-state index in [1.54, 1.807) is 5.57 Å². The Kier molecular flexibility index (Phi) is 2.38. The third kappa shape index (κ3) is 2.36. The van der Waals surface area contributed by atoms with Gasteiger partial charge in [-0.25, -0.2) is 0 Å². The molecule has 12 heavy (non-hydrogen) atoms. The fourth-order valence-corrected chi connectivity index (χ4v) is 1.76. The standard InChI is InChI=1S/C12H22/c1-11(2,3)10-6-8-12(4,5)9-7-10/h6H,7-9H2,1-5H3. The lowest BCUT2D eigenvalue weighted by atomic mass is 9.72. The van der Waals surface area contributed by atoms with E-state index in [-0.39, 0.29) is 0 Å². The number of rotatable bonds is 0. The monoisotopic (exact) mass is 166 g/mol. The van der Waals surface area contributed by atoms with Gasteiger partial charge in [-0.3, -0.25) is 0 Å². The first-order chi connectivity index (χ1) is 5.31. The third-order valence-electron chi connectivity index (χ3n) is 2.94. The van der Waals surface area contributed by atoms with Crippen LogP contribution in [0.5, 0.6) is 0 Å². The van der Waals surface area contributed by atoms with Gasteiger partial charge in [-0.15, -0.1) is 0 Å². The quantitative estimate of drug-likeness (QED) is 0.474. The zero-order valence-electron chi connectivity index (χ0n) is 9.20. The molecule has 0 saturated carbocycles. The molecule has 0 nitrogen and oxygen atoms in total. The van der Waals surface area contributed by atoms with Crippen molar-refractivity contribution in [2.75, 3.05) is 0 Å². The van der Waals surface area contributed by atoms with Crippen LogP contribution >= 0.6 is 0 Å². The smallest absolute Gasteiger partial charge is 0.0173 e. The van der Waals surface area contributed by atoms with E-state index in [9.17, 15) is 0 Å². The molecule has 0 atom stereocenters. The molecule has 0 aromatic heterocycles. The number of hydrogen-bond acceptors (Lipinski definition) is 0. The summed E-state index contributed by atoms with van der Waals surface area (Å²) in [4.78, 5) is 0. The minimum Gasteiger partial charge on any atom is -0.0843 e. The Bertz CT molecular complexity index is 189. The molecule has 0 bridgehead atoms. The number of allylic oxidation sites excluding steroid dienone is 2. The van der Waals surface area contributed by atoms with Gasteiger partial charge in [0, 0.05) is 0 Å². The van der Waals surface area contributed by atoms with E-state index >= 15 is 0 Å². The van der Waals surface area contributed by atoms with Crippen molar-refractivity contribution in [3.8, 4) is 0 Å². The first kappa shape index (κ1) is 9.83. The highest BCUT2D eigenvalue weighted by molar-refractivity contribution is 5.15. The predicted molar refractivity (Wildman–Crippen MR) is 55.2 cm³/mol. The lowest BCUT2D eigenvalue weighted by Gasteiger charge is -2.33.